The number of benzene rings is 3. The van der Waals surface area contributed by atoms with Crippen LogP contribution >= 0.6 is 8.15 Å². The number of rotatable bonds is 1. The Kier molecular flexibility index (Phi) is 4.93. The van der Waals surface area contributed by atoms with Crippen LogP contribution in [0.5, 0.6) is 11.5 Å². The van der Waals surface area contributed by atoms with Crippen molar-refractivity contribution in [3.63, 3.8) is 0 Å². The van der Waals surface area contributed by atoms with Crippen molar-refractivity contribution in [2.24, 2.45) is 0 Å². The molecule has 1 aliphatic heterocycles. The molecule has 0 aliphatic carbocycles. The molecule has 0 fully saturated rings. The number of fused-ring (bicyclic) bond motifs is 2. The van der Waals surface area contributed by atoms with Crippen LogP contribution in [0.1, 0.15) is 33.4 Å². The second-order valence-electron chi connectivity index (χ2n) is 7.40. The molecule has 0 amide bonds. The van der Waals surface area contributed by atoms with Crippen molar-refractivity contribution in [2.75, 3.05) is 6.35 Å². The van der Waals surface area contributed by atoms with E-state index >= 15 is 0 Å². The summed E-state index contributed by atoms with van der Waals surface area (Å²) in [5.74, 6) is 2.03. The van der Waals surface area contributed by atoms with Gasteiger partial charge in [-0.2, -0.15) is 0 Å². The predicted octanol–water partition coefficient (Wildman–Crippen LogP) is 5.96. The first-order chi connectivity index (χ1) is 13.0. The fourth-order valence-electron chi connectivity index (χ4n) is 3.87. The lowest BCUT2D eigenvalue weighted by atomic mass is 9.96. The normalized spacial score (nSPS) is 16.1. The Morgan fingerprint density at radius 2 is 1.33 bits per heavy atom. The lowest BCUT2D eigenvalue weighted by molar-refractivity contribution is 0.374. The summed E-state index contributed by atoms with van der Waals surface area (Å²) in [4.78, 5) is 0. The van der Waals surface area contributed by atoms with Crippen LogP contribution in [0.4, 0.5) is 0 Å². The summed E-state index contributed by atoms with van der Waals surface area (Å²) in [6.45, 7) is 8.58. The summed E-state index contributed by atoms with van der Waals surface area (Å²) in [6, 6.07) is 19.4. The molecular weight excluding hydrogens is 351 g/mol. The van der Waals surface area contributed by atoms with Crippen molar-refractivity contribution in [3.8, 4) is 11.5 Å². The van der Waals surface area contributed by atoms with E-state index in [1.165, 1.54) is 38.7 Å². The van der Waals surface area contributed by atoms with Crippen molar-refractivity contribution >= 4 is 13.5 Å². The SMILES string of the molecule is Cc1cc(C)c2c(c1)Cc1cc(C)cc(C)c1OP(c1ccccc1)CO2. The summed E-state index contributed by atoms with van der Waals surface area (Å²) >= 11 is 0. The standard InChI is InChI=1S/C24H25O2P/c1-16-10-18(3)23-20(12-16)14-21-13-17(2)11-19(4)24(21)26-27(15-25-23)22-8-6-5-7-9-22/h5-13H,14-15H2,1-4H3. The molecule has 1 aliphatic rings. The summed E-state index contributed by atoms with van der Waals surface area (Å²) in [5.41, 5.74) is 7.42. The highest BCUT2D eigenvalue weighted by Gasteiger charge is 2.23. The molecule has 1 unspecified atom stereocenters. The van der Waals surface area contributed by atoms with Crippen molar-refractivity contribution in [1.82, 2.24) is 0 Å². The minimum absolute atomic E-state index is 0.559. The molecule has 4 rings (SSSR count). The minimum Gasteiger partial charge on any atom is -0.485 e. The summed E-state index contributed by atoms with van der Waals surface area (Å²) in [7, 11) is -0.907. The first-order valence-electron chi connectivity index (χ1n) is 9.35. The zero-order valence-electron chi connectivity index (χ0n) is 16.4. The topological polar surface area (TPSA) is 18.5 Å². The predicted molar refractivity (Wildman–Crippen MR) is 114 cm³/mol. The average Bonchev–Trinajstić information content (AvgIpc) is 2.69. The van der Waals surface area contributed by atoms with Crippen LogP contribution in [0, 0.1) is 27.7 Å². The molecule has 0 saturated carbocycles. The minimum atomic E-state index is -0.907. The van der Waals surface area contributed by atoms with Gasteiger partial charge in [0.05, 0.1) is 0 Å². The van der Waals surface area contributed by atoms with Gasteiger partial charge in [0.25, 0.3) is 0 Å². The van der Waals surface area contributed by atoms with E-state index < -0.39 is 8.15 Å². The molecule has 0 aromatic heterocycles. The Hall–Kier alpha value is -2.31. The van der Waals surface area contributed by atoms with Crippen molar-refractivity contribution in [1.29, 1.82) is 0 Å². The van der Waals surface area contributed by atoms with Gasteiger partial charge in [0.15, 0.2) is 8.15 Å². The smallest absolute Gasteiger partial charge is 0.157 e. The van der Waals surface area contributed by atoms with E-state index in [2.05, 4.69) is 76.2 Å². The third-order valence-electron chi connectivity index (χ3n) is 4.94. The molecule has 1 atom stereocenters. The zero-order valence-corrected chi connectivity index (χ0v) is 17.3. The first-order valence-corrected chi connectivity index (χ1v) is 10.8. The average molecular weight is 376 g/mol. The van der Waals surface area contributed by atoms with Gasteiger partial charge < -0.3 is 9.26 Å². The van der Waals surface area contributed by atoms with Crippen LogP contribution in [0.3, 0.4) is 0 Å². The van der Waals surface area contributed by atoms with Crippen molar-refractivity contribution in [3.05, 3.63) is 88.0 Å². The largest absolute Gasteiger partial charge is 0.485 e. The van der Waals surface area contributed by atoms with E-state index in [0.717, 1.165) is 17.9 Å². The lowest BCUT2D eigenvalue weighted by Gasteiger charge is -2.21. The number of ether oxygens (including phenoxy) is 1. The quantitative estimate of drug-likeness (QED) is 0.488. The molecule has 3 aromatic rings. The van der Waals surface area contributed by atoms with Gasteiger partial charge in [-0.1, -0.05) is 65.7 Å². The number of hydrogen-bond acceptors (Lipinski definition) is 2. The molecule has 3 heteroatoms. The van der Waals surface area contributed by atoms with Gasteiger partial charge in [-0.25, -0.2) is 0 Å². The van der Waals surface area contributed by atoms with E-state index in [9.17, 15) is 0 Å². The maximum Gasteiger partial charge on any atom is 0.157 e. The van der Waals surface area contributed by atoms with E-state index in [-0.39, 0.29) is 0 Å². The van der Waals surface area contributed by atoms with E-state index in [4.69, 9.17) is 9.26 Å². The maximum atomic E-state index is 6.63. The molecule has 27 heavy (non-hydrogen) atoms. The second kappa shape index (κ2) is 7.37. The molecule has 0 radical (unpaired) electrons. The van der Waals surface area contributed by atoms with E-state index in [0.29, 0.717) is 6.35 Å². The molecule has 138 valence electrons. The van der Waals surface area contributed by atoms with Gasteiger partial charge in [-0.15, -0.1) is 0 Å². The molecule has 3 aromatic carbocycles. The third kappa shape index (κ3) is 3.73. The van der Waals surface area contributed by atoms with Gasteiger partial charge in [-0.3, -0.25) is 0 Å². The summed E-state index contributed by atoms with van der Waals surface area (Å²) in [5, 5.41) is 1.20. The van der Waals surface area contributed by atoms with Crippen LogP contribution in [-0.2, 0) is 6.42 Å². The maximum absolute atomic E-state index is 6.63. The molecule has 0 bridgehead atoms. The van der Waals surface area contributed by atoms with Crippen LogP contribution in [0.2, 0.25) is 0 Å². The van der Waals surface area contributed by atoms with Gasteiger partial charge in [-0.05, 0) is 49.9 Å². The van der Waals surface area contributed by atoms with Gasteiger partial charge in [0, 0.05) is 11.7 Å². The van der Waals surface area contributed by atoms with Gasteiger partial charge in [0.2, 0.25) is 0 Å². The molecule has 0 N–H and O–H groups in total. The second-order valence-corrected chi connectivity index (χ2v) is 9.11. The van der Waals surface area contributed by atoms with E-state index in [1.807, 2.05) is 6.07 Å². The van der Waals surface area contributed by atoms with Gasteiger partial charge >= 0.3 is 0 Å². The van der Waals surface area contributed by atoms with Crippen LogP contribution in [0.15, 0.2) is 54.6 Å². The Bertz CT molecular complexity index is 979. The highest BCUT2D eigenvalue weighted by molar-refractivity contribution is 7.61. The van der Waals surface area contributed by atoms with E-state index in [1.54, 1.807) is 0 Å². The fraction of sp³-hybridized carbons (Fsp3) is 0.250. The fourth-order valence-corrected chi connectivity index (χ4v) is 5.41. The molecular formula is C24H25O2P. The monoisotopic (exact) mass is 376 g/mol. The molecule has 2 nitrogen and oxygen atoms in total. The van der Waals surface area contributed by atoms with Gasteiger partial charge in [0.1, 0.15) is 17.8 Å². The zero-order chi connectivity index (χ0) is 19.0. The van der Waals surface area contributed by atoms with Crippen LogP contribution in [0.25, 0.3) is 0 Å². The lowest BCUT2D eigenvalue weighted by Crippen LogP contribution is -2.12. The summed E-state index contributed by atoms with van der Waals surface area (Å²) in [6.07, 6.45) is 1.39. The summed E-state index contributed by atoms with van der Waals surface area (Å²) < 4.78 is 13.0. The molecule has 0 spiro atoms. The number of hydrogen-bond donors (Lipinski definition) is 0. The molecule has 1 heterocycles. The Labute approximate surface area is 163 Å². The van der Waals surface area contributed by atoms with Crippen molar-refractivity contribution in [2.45, 2.75) is 34.1 Å². The highest BCUT2D eigenvalue weighted by atomic mass is 31.1. The molecule has 0 saturated heterocycles. The number of aryl methyl sites for hydroxylation is 4. The van der Waals surface area contributed by atoms with Crippen LogP contribution in [-0.4, -0.2) is 6.35 Å². The van der Waals surface area contributed by atoms with Crippen LogP contribution < -0.4 is 14.6 Å². The highest BCUT2D eigenvalue weighted by Crippen LogP contribution is 2.44. The first kappa shape index (κ1) is 18.1. The Morgan fingerprint density at radius 3 is 2.00 bits per heavy atom. The third-order valence-corrected chi connectivity index (χ3v) is 6.59. The van der Waals surface area contributed by atoms with Crippen molar-refractivity contribution < 1.29 is 9.26 Å². The Morgan fingerprint density at radius 1 is 0.741 bits per heavy atom. The Balaban J connectivity index is 1.88.